The van der Waals surface area contributed by atoms with E-state index in [1.807, 2.05) is 0 Å². The molecule has 6 heteroatoms. The smallest absolute Gasteiger partial charge is 0.131 e. The normalized spacial score (nSPS) is 11.5. The molecule has 2 aromatic rings. The van der Waals surface area contributed by atoms with Gasteiger partial charge in [-0.15, -0.1) is 0 Å². The average Bonchev–Trinajstić information content (AvgIpc) is 2.45. The topological polar surface area (TPSA) is 41.8 Å². The quantitative estimate of drug-likeness (QED) is 0.517. The summed E-state index contributed by atoms with van der Waals surface area (Å²) in [6, 6.07) is 8.00. The van der Waals surface area contributed by atoms with Gasteiger partial charge in [-0.05, 0) is 31.2 Å². The second-order valence-corrected chi connectivity index (χ2v) is 4.79. The molecule has 0 radical (unpaired) electrons. The van der Waals surface area contributed by atoms with Crippen molar-refractivity contribution in [3.63, 3.8) is 0 Å². The van der Waals surface area contributed by atoms with Gasteiger partial charge >= 0.3 is 0 Å². The molecular weight excluding hydrogens is 300 g/mol. The summed E-state index contributed by atoms with van der Waals surface area (Å²) in [7, 11) is 0. The molecule has 0 bridgehead atoms. The Morgan fingerprint density at radius 3 is 2.67 bits per heavy atom. The molecule has 110 valence electrons. The highest BCUT2D eigenvalue weighted by Crippen LogP contribution is 2.23. The fraction of sp³-hybridized carbons (Fsp3) is 0.133. The molecule has 2 rings (SSSR count). The van der Waals surface area contributed by atoms with Gasteiger partial charge in [-0.2, -0.15) is 0 Å². The lowest BCUT2D eigenvalue weighted by atomic mass is 10.1. The monoisotopic (exact) mass is 311 g/mol. The molecule has 0 aliphatic heterocycles. The summed E-state index contributed by atoms with van der Waals surface area (Å²) in [5.41, 5.74) is 0.975. The highest BCUT2D eigenvalue weighted by molar-refractivity contribution is 6.30. The van der Waals surface area contributed by atoms with Crippen LogP contribution < -0.4 is 4.74 Å². The summed E-state index contributed by atoms with van der Waals surface area (Å²) in [6.07, 6.45) is 0. The largest absolute Gasteiger partial charge is 0.488 e. The fourth-order valence-corrected chi connectivity index (χ4v) is 1.92. The summed E-state index contributed by atoms with van der Waals surface area (Å²) < 4.78 is 32.4. The first kappa shape index (κ1) is 15.3. The molecular formula is C15H12ClF2NO2. The van der Waals surface area contributed by atoms with Crippen molar-refractivity contribution in [2.45, 2.75) is 13.5 Å². The lowest BCUT2D eigenvalue weighted by Crippen LogP contribution is -2.04. The predicted octanol–water partition coefficient (Wildman–Crippen LogP) is 4.40. The van der Waals surface area contributed by atoms with Crippen molar-refractivity contribution in [2.75, 3.05) is 0 Å². The second-order valence-electron chi connectivity index (χ2n) is 4.35. The van der Waals surface area contributed by atoms with Gasteiger partial charge in [0.1, 0.15) is 24.0 Å². The van der Waals surface area contributed by atoms with Crippen LogP contribution in [0.25, 0.3) is 0 Å². The van der Waals surface area contributed by atoms with E-state index in [-0.39, 0.29) is 28.7 Å². The molecule has 0 atom stereocenters. The van der Waals surface area contributed by atoms with Crippen LogP contribution in [0.5, 0.6) is 5.75 Å². The molecule has 0 spiro atoms. The minimum absolute atomic E-state index is 0.0990. The Labute approximate surface area is 125 Å². The first-order valence-corrected chi connectivity index (χ1v) is 6.44. The molecule has 21 heavy (non-hydrogen) atoms. The fourth-order valence-electron chi connectivity index (χ4n) is 1.76. The number of ether oxygens (including phenoxy) is 1. The third-order valence-electron chi connectivity index (χ3n) is 2.88. The summed E-state index contributed by atoms with van der Waals surface area (Å²) in [5, 5.41) is 12.1. The Bertz CT molecular complexity index is 689. The van der Waals surface area contributed by atoms with Gasteiger partial charge in [0.2, 0.25) is 0 Å². The highest BCUT2D eigenvalue weighted by atomic mass is 35.5. The second kappa shape index (κ2) is 6.54. The van der Waals surface area contributed by atoms with Crippen molar-refractivity contribution in [3.05, 3.63) is 64.2 Å². The molecule has 0 aliphatic rings. The van der Waals surface area contributed by atoms with Crippen molar-refractivity contribution in [3.8, 4) is 5.75 Å². The van der Waals surface area contributed by atoms with E-state index in [4.69, 9.17) is 21.5 Å². The highest BCUT2D eigenvalue weighted by Gasteiger charge is 2.11. The van der Waals surface area contributed by atoms with Gasteiger partial charge in [0.05, 0.1) is 5.71 Å². The van der Waals surface area contributed by atoms with Gasteiger partial charge < -0.3 is 9.94 Å². The van der Waals surface area contributed by atoms with Crippen LogP contribution in [0.2, 0.25) is 5.02 Å². The number of nitrogens with zero attached hydrogens (tertiary/aromatic N) is 1. The molecule has 0 heterocycles. The van der Waals surface area contributed by atoms with Gasteiger partial charge in [0.25, 0.3) is 0 Å². The van der Waals surface area contributed by atoms with Gasteiger partial charge in [0, 0.05) is 22.2 Å². The van der Waals surface area contributed by atoms with Gasteiger partial charge in [-0.3, -0.25) is 0 Å². The molecule has 2 aromatic carbocycles. The molecule has 0 fully saturated rings. The van der Waals surface area contributed by atoms with Crippen LogP contribution >= 0.6 is 11.6 Å². The van der Waals surface area contributed by atoms with Crippen molar-refractivity contribution < 1.29 is 18.7 Å². The minimum Gasteiger partial charge on any atom is -0.488 e. The van der Waals surface area contributed by atoms with Crippen LogP contribution in [0, 0.1) is 11.6 Å². The van der Waals surface area contributed by atoms with Crippen molar-refractivity contribution >= 4 is 17.3 Å². The zero-order valence-corrected chi connectivity index (χ0v) is 11.9. The van der Waals surface area contributed by atoms with Gasteiger partial charge in [-0.25, -0.2) is 8.78 Å². The van der Waals surface area contributed by atoms with E-state index in [0.29, 0.717) is 5.56 Å². The van der Waals surface area contributed by atoms with E-state index >= 15 is 0 Å². The Kier molecular flexibility index (Phi) is 4.75. The average molecular weight is 312 g/mol. The van der Waals surface area contributed by atoms with Crippen LogP contribution in [0.3, 0.4) is 0 Å². The van der Waals surface area contributed by atoms with Crippen LogP contribution in [0.1, 0.15) is 18.1 Å². The Morgan fingerprint density at radius 2 is 2.00 bits per heavy atom. The van der Waals surface area contributed by atoms with Crippen LogP contribution in [-0.4, -0.2) is 10.9 Å². The van der Waals surface area contributed by atoms with Crippen LogP contribution in [0.4, 0.5) is 8.78 Å². The van der Waals surface area contributed by atoms with E-state index in [1.54, 1.807) is 6.92 Å². The molecule has 0 aliphatic carbocycles. The summed E-state index contributed by atoms with van der Waals surface area (Å²) in [4.78, 5) is 0. The van der Waals surface area contributed by atoms with Gasteiger partial charge in [-0.1, -0.05) is 22.8 Å². The van der Waals surface area contributed by atoms with E-state index < -0.39 is 11.6 Å². The molecule has 3 nitrogen and oxygen atoms in total. The molecule has 0 saturated heterocycles. The van der Waals surface area contributed by atoms with Crippen molar-refractivity contribution in [1.82, 2.24) is 0 Å². The van der Waals surface area contributed by atoms with E-state index in [9.17, 15) is 8.78 Å². The number of hydrogen-bond acceptors (Lipinski definition) is 3. The minimum atomic E-state index is -0.506. The lowest BCUT2D eigenvalue weighted by Gasteiger charge is -2.11. The molecule has 0 saturated carbocycles. The molecule has 1 N–H and O–H groups in total. The van der Waals surface area contributed by atoms with Gasteiger partial charge in [0.15, 0.2) is 0 Å². The number of halogens is 3. The maximum atomic E-state index is 13.7. The first-order valence-electron chi connectivity index (χ1n) is 6.06. The predicted molar refractivity (Wildman–Crippen MR) is 76.1 cm³/mol. The lowest BCUT2D eigenvalue weighted by molar-refractivity contribution is 0.296. The Morgan fingerprint density at radius 1 is 1.24 bits per heavy atom. The first-order chi connectivity index (χ1) is 10.0. The van der Waals surface area contributed by atoms with Crippen molar-refractivity contribution in [2.24, 2.45) is 5.16 Å². The zero-order valence-electron chi connectivity index (χ0n) is 11.1. The molecule has 0 amide bonds. The van der Waals surface area contributed by atoms with E-state index in [1.165, 1.54) is 30.3 Å². The Balaban J connectivity index is 2.25. The number of rotatable bonds is 4. The van der Waals surface area contributed by atoms with Crippen LogP contribution in [-0.2, 0) is 6.61 Å². The number of benzene rings is 2. The number of oxime groups is 1. The standard InChI is InChI=1S/C15H12ClF2NO2/c1-9(19-20)13-5-4-12(17)7-15(13)21-8-10-2-3-11(16)6-14(10)18/h2-7,20H,8H2,1H3/b19-9-. The van der Waals surface area contributed by atoms with Crippen molar-refractivity contribution in [1.29, 1.82) is 0 Å². The summed E-state index contributed by atoms with van der Waals surface area (Å²) in [6.45, 7) is 1.45. The summed E-state index contributed by atoms with van der Waals surface area (Å²) in [5.74, 6) is -0.844. The zero-order chi connectivity index (χ0) is 15.4. The molecule has 0 aromatic heterocycles. The molecule has 0 unspecified atom stereocenters. The Hall–Kier alpha value is -2.14. The maximum Gasteiger partial charge on any atom is 0.131 e. The van der Waals surface area contributed by atoms with E-state index in [2.05, 4.69) is 5.16 Å². The SMILES string of the molecule is C/C(=N/O)c1ccc(F)cc1OCc1ccc(Cl)cc1F. The summed E-state index contributed by atoms with van der Waals surface area (Å²) >= 11 is 5.67. The maximum absolute atomic E-state index is 13.7. The number of hydrogen-bond donors (Lipinski definition) is 1. The van der Waals surface area contributed by atoms with Crippen LogP contribution in [0.15, 0.2) is 41.6 Å². The third kappa shape index (κ3) is 3.70. The third-order valence-corrected chi connectivity index (χ3v) is 3.12. The van der Waals surface area contributed by atoms with E-state index in [0.717, 1.165) is 6.07 Å².